The summed E-state index contributed by atoms with van der Waals surface area (Å²) in [6.07, 6.45) is 0.372. The highest BCUT2D eigenvalue weighted by molar-refractivity contribution is 7.91. The van der Waals surface area contributed by atoms with Crippen LogP contribution in [0, 0.1) is 0 Å². The smallest absolute Gasteiger partial charge is 0.325 e. The summed E-state index contributed by atoms with van der Waals surface area (Å²) in [4.78, 5) is 31.1. The van der Waals surface area contributed by atoms with E-state index in [1.54, 1.807) is 34.1 Å². The maximum Gasteiger partial charge on any atom is 0.325 e. The van der Waals surface area contributed by atoms with Crippen molar-refractivity contribution < 1.29 is 18.0 Å². The number of rotatable bonds is 4. The highest BCUT2D eigenvalue weighted by Crippen LogP contribution is 2.32. The first-order valence-electron chi connectivity index (χ1n) is 9.70. The summed E-state index contributed by atoms with van der Waals surface area (Å²) >= 11 is 7.45. The number of hydrogen-bond acceptors (Lipinski definition) is 5. The molecule has 3 amide bonds. The van der Waals surface area contributed by atoms with Crippen molar-refractivity contribution in [2.75, 3.05) is 43.4 Å². The van der Waals surface area contributed by atoms with Crippen molar-refractivity contribution in [1.82, 2.24) is 9.80 Å². The lowest BCUT2D eigenvalue weighted by Gasteiger charge is -2.24. The van der Waals surface area contributed by atoms with Crippen LogP contribution in [0.15, 0.2) is 41.8 Å². The Morgan fingerprint density at radius 2 is 1.97 bits per heavy atom. The van der Waals surface area contributed by atoms with Crippen molar-refractivity contribution in [3.63, 3.8) is 0 Å². The van der Waals surface area contributed by atoms with Crippen LogP contribution >= 0.6 is 22.9 Å². The summed E-state index contributed by atoms with van der Waals surface area (Å²) in [6.45, 7) is 1.37. The fourth-order valence-electron chi connectivity index (χ4n) is 3.86. The molecular weight excluding hydrogens is 446 g/mol. The molecule has 1 atom stereocenters. The van der Waals surface area contributed by atoms with E-state index < -0.39 is 15.1 Å². The molecule has 2 aromatic rings. The Kier molecular flexibility index (Phi) is 6.04. The van der Waals surface area contributed by atoms with Gasteiger partial charge in [-0.15, -0.1) is 11.3 Å². The molecule has 1 aromatic carbocycles. The molecule has 0 saturated carbocycles. The van der Waals surface area contributed by atoms with E-state index in [0.29, 0.717) is 36.8 Å². The molecule has 3 heterocycles. The van der Waals surface area contributed by atoms with Crippen LogP contribution in [0.2, 0.25) is 5.02 Å². The van der Waals surface area contributed by atoms with E-state index >= 15 is 0 Å². The molecule has 4 rings (SSSR count). The van der Waals surface area contributed by atoms with Gasteiger partial charge in [-0.3, -0.25) is 9.69 Å². The number of sulfone groups is 1. The average Bonchev–Trinajstić information content (AvgIpc) is 3.31. The van der Waals surface area contributed by atoms with E-state index in [2.05, 4.69) is 0 Å². The van der Waals surface area contributed by atoms with Gasteiger partial charge in [-0.2, -0.15) is 0 Å². The van der Waals surface area contributed by atoms with E-state index in [1.165, 1.54) is 16.2 Å². The van der Waals surface area contributed by atoms with Crippen LogP contribution in [0.4, 0.5) is 10.5 Å². The topological polar surface area (TPSA) is 78.0 Å². The Morgan fingerprint density at radius 1 is 1.13 bits per heavy atom. The Labute approximate surface area is 184 Å². The molecule has 1 unspecified atom stereocenters. The molecule has 0 N–H and O–H groups in total. The first-order valence-corrected chi connectivity index (χ1v) is 12.7. The zero-order valence-electron chi connectivity index (χ0n) is 16.2. The van der Waals surface area contributed by atoms with Crippen molar-refractivity contribution in [2.45, 2.75) is 11.7 Å². The lowest BCUT2D eigenvalue weighted by atomic mass is 10.2. The lowest BCUT2D eigenvalue weighted by molar-refractivity contribution is -0.131. The minimum absolute atomic E-state index is 0.0559. The molecule has 2 saturated heterocycles. The Bertz CT molecular complexity index is 1040. The van der Waals surface area contributed by atoms with Gasteiger partial charge >= 0.3 is 6.03 Å². The van der Waals surface area contributed by atoms with Crippen LogP contribution in [-0.4, -0.2) is 68.6 Å². The lowest BCUT2D eigenvalue weighted by Crippen LogP contribution is -2.43. The number of amides is 3. The van der Waals surface area contributed by atoms with Crippen molar-refractivity contribution in [3.8, 4) is 0 Å². The molecule has 0 radical (unpaired) electrons. The van der Waals surface area contributed by atoms with Crippen LogP contribution in [0.3, 0.4) is 0 Å². The minimum Gasteiger partial charge on any atom is -0.340 e. The quantitative estimate of drug-likeness (QED) is 0.692. The molecule has 0 spiro atoms. The number of thiophene rings is 1. The second kappa shape index (κ2) is 8.56. The second-order valence-corrected chi connectivity index (χ2v) is 11.1. The normalized spacial score (nSPS) is 21.7. The molecule has 30 heavy (non-hydrogen) atoms. The number of carbonyl (C=O) groups excluding carboxylic acids is 2. The second-order valence-electron chi connectivity index (χ2n) is 7.38. The standard InChI is InChI=1S/C20H22ClN3O4S2/c21-15-3-1-4-16(13-15)24-9-8-23(20(24)26)14-19(25)22-7-6-18(17-5-2-11-29-17)30(27,28)12-10-22/h1-5,11,13,18H,6-10,12,14H2. The van der Waals surface area contributed by atoms with Crippen molar-refractivity contribution in [2.24, 2.45) is 0 Å². The Morgan fingerprint density at radius 3 is 2.70 bits per heavy atom. The zero-order chi connectivity index (χ0) is 21.3. The minimum atomic E-state index is -3.32. The van der Waals surface area contributed by atoms with Crippen LogP contribution < -0.4 is 4.90 Å². The maximum absolute atomic E-state index is 12.9. The number of hydrogen-bond donors (Lipinski definition) is 0. The van der Waals surface area contributed by atoms with Gasteiger partial charge in [0.1, 0.15) is 6.54 Å². The van der Waals surface area contributed by atoms with Gasteiger partial charge in [0.25, 0.3) is 0 Å². The van der Waals surface area contributed by atoms with Crippen LogP contribution in [0.25, 0.3) is 0 Å². The molecule has 10 heteroatoms. The van der Waals surface area contributed by atoms with Crippen LogP contribution in [0.1, 0.15) is 16.5 Å². The number of urea groups is 1. The first-order chi connectivity index (χ1) is 14.3. The summed E-state index contributed by atoms with van der Waals surface area (Å²) in [6, 6.07) is 10.5. The van der Waals surface area contributed by atoms with E-state index in [-0.39, 0.29) is 30.8 Å². The molecule has 2 aliphatic rings. The summed E-state index contributed by atoms with van der Waals surface area (Å²) in [5, 5.41) is 1.84. The zero-order valence-corrected chi connectivity index (χ0v) is 18.6. The fourth-order valence-corrected chi connectivity index (χ4v) is 7.05. The predicted octanol–water partition coefficient (Wildman–Crippen LogP) is 3.03. The third-order valence-corrected chi connectivity index (χ3v) is 8.97. The highest BCUT2D eigenvalue weighted by atomic mass is 35.5. The molecule has 2 fully saturated rings. The fraction of sp³-hybridized carbons (Fsp3) is 0.400. The SMILES string of the molecule is O=C(CN1CCN(c2cccc(Cl)c2)C1=O)N1CCC(c2cccs2)S(=O)(=O)CC1. The van der Waals surface area contributed by atoms with Gasteiger partial charge in [0, 0.05) is 41.8 Å². The maximum atomic E-state index is 12.9. The Hall–Kier alpha value is -2.10. The van der Waals surface area contributed by atoms with Gasteiger partial charge in [-0.25, -0.2) is 13.2 Å². The monoisotopic (exact) mass is 467 g/mol. The van der Waals surface area contributed by atoms with Gasteiger partial charge < -0.3 is 9.80 Å². The molecule has 1 aromatic heterocycles. The van der Waals surface area contributed by atoms with Crippen molar-refractivity contribution in [1.29, 1.82) is 0 Å². The summed E-state index contributed by atoms with van der Waals surface area (Å²) in [5.74, 6) is -0.289. The number of anilines is 1. The van der Waals surface area contributed by atoms with Crippen LogP contribution in [-0.2, 0) is 14.6 Å². The summed E-state index contributed by atoms with van der Waals surface area (Å²) in [7, 11) is -3.32. The number of carbonyl (C=O) groups is 2. The van der Waals surface area contributed by atoms with E-state index in [4.69, 9.17) is 11.6 Å². The van der Waals surface area contributed by atoms with Crippen molar-refractivity contribution in [3.05, 3.63) is 51.7 Å². The molecular formula is C20H22ClN3O4S2. The third-order valence-electron chi connectivity index (χ3n) is 5.49. The van der Waals surface area contributed by atoms with Crippen LogP contribution in [0.5, 0.6) is 0 Å². The molecule has 7 nitrogen and oxygen atoms in total. The average molecular weight is 468 g/mol. The molecule has 0 aliphatic carbocycles. The van der Waals surface area contributed by atoms with Gasteiger partial charge in [0.05, 0.1) is 11.0 Å². The van der Waals surface area contributed by atoms with E-state index in [1.807, 2.05) is 17.5 Å². The highest BCUT2D eigenvalue weighted by Gasteiger charge is 2.35. The molecule has 0 bridgehead atoms. The first kappa shape index (κ1) is 21.1. The Balaban J connectivity index is 1.40. The molecule has 2 aliphatic heterocycles. The number of benzene rings is 1. The number of halogens is 1. The van der Waals surface area contributed by atoms with Crippen molar-refractivity contribution >= 4 is 50.4 Å². The van der Waals surface area contributed by atoms with E-state index in [9.17, 15) is 18.0 Å². The van der Waals surface area contributed by atoms with Gasteiger partial charge in [-0.1, -0.05) is 23.7 Å². The summed E-state index contributed by atoms with van der Waals surface area (Å²) in [5.41, 5.74) is 0.696. The predicted molar refractivity (Wildman–Crippen MR) is 118 cm³/mol. The van der Waals surface area contributed by atoms with Gasteiger partial charge in [0.2, 0.25) is 5.91 Å². The largest absolute Gasteiger partial charge is 0.340 e. The van der Waals surface area contributed by atoms with Gasteiger partial charge in [-0.05, 0) is 36.1 Å². The van der Waals surface area contributed by atoms with E-state index in [0.717, 1.165) is 4.88 Å². The molecule has 160 valence electrons. The summed E-state index contributed by atoms with van der Waals surface area (Å²) < 4.78 is 25.4. The third kappa shape index (κ3) is 4.33. The number of nitrogens with zero attached hydrogens (tertiary/aromatic N) is 3. The van der Waals surface area contributed by atoms with Gasteiger partial charge in [0.15, 0.2) is 9.84 Å².